The number of nitrogens with zero attached hydrogens (tertiary/aromatic N) is 4. The first-order chi connectivity index (χ1) is 20.4. The van der Waals surface area contributed by atoms with Crippen molar-refractivity contribution in [1.82, 2.24) is 19.6 Å². The number of imidazole rings is 1. The lowest BCUT2D eigenvalue weighted by Gasteiger charge is -2.32. The molecule has 0 saturated carbocycles. The van der Waals surface area contributed by atoms with Crippen LogP contribution >= 0.6 is 23.2 Å². The molecule has 1 aliphatic heterocycles. The van der Waals surface area contributed by atoms with Crippen molar-refractivity contribution in [3.63, 3.8) is 0 Å². The van der Waals surface area contributed by atoms with E-state index in [-0.39, 0.29) is 11.7 Å². The number of likely N-dealkylation sites (tertiary alicyclic amines) is 1. The number of benzene rings is 3. The lowest BCUT2D eigenvalue weighted by molar-refractivity contribution is 0.0697. The minimum Gasteiger partial charge on any atom is -0.490 e. The molecule has 0 aliphatic carbocycles. The van der Waals surface area contributed by atoms with Crippen LogP contribution in [0.2, 0.25) is 10.0 Å². The Labute approximate surface area is 252 Å². The second-order valence-corrected chi connectivity index (χ2v) is 11.0. The van der Waals surface area contributed by atoms with E-state index in [1.807, 2.05) is 34.9 Å². The highest BCUT2D eigenvalue weighted by Gasteiger charge is 2.23. The highest BCUT2D eigenvalue weighted by atomic mass is 35.5. The van der Waals surface area contributed by atoms with Crippen LogP contribution in [0.5, 0.6) is 11.5 Å². The van der Waals surface area contributed by atoms with Gasteiger partial charge in [-0.2, -0.15) is 0 Å². The Kier molecular flexibility index (Phi) is 8.32. The molecule has 1 saturated heterocycles. The second kappa shape index (κ2) is 12.4. The predicted octanol–water partition coefficient (Wildman–Crippen LogP) is 6.70. The first-order valence-electron chi connectivity index (χ1n) is 13.6. The summed E-state index contributed by atoms with van der Waals surface area (Å²) in [6.45, 7) is 3.03. The number of fused-ring (bicyclic) bond motifs is 1. The van der Waals surface area contributed by atoms with Gasteiger partial charge in [-0.15, -0.1) is 0 Å². The van der Waals surface area contributed by atoms with Crippen LogP contribution in [0.3, 0.4) is 0 Å². The van der Waals surface area contributed by atoms with Crippen molar-refractivity contribution in [3.8, 4) is 11.5 Å². The van der Waals surface area contributed by atoms with Crippen molar-refractivity contribution in [3.05, 3.63) is 106 Å². The molecule has 216 valence electrons. The van der Waals surface area contributed by atoms with Gasteiger partial charge in [-0.1, -0.05) is 40.5 Å². The molecular weight excluding hydrogens is 579 g/mol. The number of piperidine rings is 1. The molecule has 1 aliphatic rings. The molecule has 6 rings (SSSR count). The summed E-state index contributed by atoms with van der Waals surface area (Å²) in [5.41, 5.74) is 2.57. The summed E-state index contributed by atoms with van der Waals surface area (Å²) in [6.07, 6.45) is 3.39. The van der Waals surface area contributed by atoms with Gasteiger partial charge < -0.3 is 23.7 Å². The summed E-state index contributed by atoms with van der Waals surface area (Å²) >= 11 is 12.3. The zero-order valence-corrected chi connectivity index (χ0v) is 24.1. The smallest absolute Gasteiger partial charge is 0.335 e. The molecule has 3 aromatic carbocycles. The number of aromatic carboxylic acids is 1. The second-order valence-electron chi connectivity index (χ2n) is 10.2. The molecule has 11 heteroatoms. The first-order valence-corrected chi connectivity index (χ1v) is 14.3. The van der Waals surface area contributed by atoms with E-state index in [1.54, 1.807) is 42.6 Å². The molecule has 9 nitrogen and oxygen atoms in total. The van der Waals surface area contributed by atoms with Gasteiger partial charge in [-0.05, 0) is 55.3 Å². The van der Waals surface area contributed by atoms with Crippen molar-refractivity contribution >= 4 is 40.2 Å². The maximum atomic E-state index is 11.6. The van der Waals surface area contributed by atoms with Gasteiger partial charge in [0.2, 0.25) is 0 Å². The fraction of sp³-hybridized carbons (Fsp3) is 0.258. The zero-order chi connectivity index (χ0) is 29.1. The van der Waals surface area contributed by atoms with E-state index in [9.17, 15) is 9.90 Å². The number of aromatic nitrogens is 3. The number of rotatable bonds is 10. The third-order valence-corrected chi connectivity index (χ3v) is 7.88. The van der Waals surface area contributed by atoms with Crippen molar-refractivity contribution in [2.45, 2.75) is 38.6 Å². The number of halogens is 2. The summed E-state index contributed by atoms with van der Waals surface area (Å²) in [7, 11) is 0. The minimum absolute atomic E-state index is 0.0772. The third kappa shape index (κ3) is 6.54. The molecule has 0 radical (unpaired) electrons. The maximum Gasteiger partial charge on any atom is 0.335 e. The van der Waals surface area contributed by atoms with Gasteiger partial charge in [0.25, 0.3) is 0 Å². The monoisotopic (exact) mass is 606 g/mol. The molecule has 3 heterocycles. The van der Waals surface area contributed by atoms with Crippen molar-refractivity contribution in [2.75, 3.05) is 13.1 Å². The number of hydrogen-bond donors (Lipinski definition) is 1. The quantitative estimate of drug-likeness (QED) is 0.187. The number of carbonyl (C=O) groups is 1. The fourth-order valence-corrected chi connectivity index (χ4v) is 5.56. The molecule has 0 unspecified atom stereocenters. The Hall–Kier alpha value is -4.05. The van der Waals surface area contributed by atoms with Crippen LogP contribution in [0.25, 0.3) is 11.0 Å². The van der Waals surface area contributed by atoms with E-state index in [2.05, 4.69) is 10.1 Å². The Morgan fingerprint density at radius 1 is 1.00 bits per heavy atom. The van der Waals surface area contributed by atoms with Crippen molar-refractivity contribution in [2.24, 2.45) is 0 Å². The van der Waals surface area contributed by atoms with Crippen molar-refractivity contribution < 1.29 is 23.9 Å². The Morgan fingerprint density at radius 3 is 2.60 bits per heavy atom. The molecule has 42 heavy (non-hydrogen) atoms. The largest absolute Gasteiger partial charge is 0.490 e. The number of carboxylic acid groups (broad SMARTS) is 1. The normalized spacial score (nSPS) is 14.3. The third-order valence-electron chi connectivity index (χ3n) is 7.30. The van der Waals surface area contributed by atoms with Crippen LogP contribution in [-0.2, 0) is 19.7 Å². The van der Waals surface area contributed by atoms with Gasteiger partial charge in [0, 0.05) is 40.8 Å². The average Bonchev–Trinajstić information content (AvgIpc) is 3.62. The highest BCUT2D eigenvalue weighted by Crippen LogP contribution is 2.27. The van der Waals surface area contributed by atoms with Crippen LogP contribution in [0, 0.1) is 0 Å². The van der Waals surface area contributed by atoms with E-state index in [0.29, 0.717) is 41.3 Å². The molecule has 1 fully saturated rings. The molecular formula is C31H28Cl2N4O5. The predicted molar refractivity (Wildman–Crippen MR) is 158 cm³/mol. The first kappa shape index (κ1) is 28.1. The number of ether oxygens (including phenoxy) is 2. The van der Waals surface area contributed by atoms with Crippen LogP contribution < -0.4 is 9.47 Å². The summed E-state index contributed by atoms with van der Waals surface area (Å²) in [5, 5.41) is 14.5. The lowest BCUT2D eigenvalue weighted by Crippen LogP contribution is -2.38. The fourth-order valence-electron chi connectivity index (χ4n) is 5.10. The molecule has 0 bridgehead atoms. The van der Waals surface area contributed by atoms with E-state index < -0.39 is 5.97 Å². The van der Waals surface area contributed by atoms with Gasteiger partial charge in [0.05, 0.1) is 35.9 Å². The Balaban J connectivity index is 1.08. The van der Waals surface area contributed by atoms with Gasteiger partial charge >= 0.3 is 5.97 Å². The number of carboxylic acids is 1. The van der Waals surface area contributed by atoms with Gasteiger partial charge in [0.1, 0.15) is 30.0 Å². The van der Waals surface area contributed by atoms with Crippen LogP contribution in [0.1, 0.15) is 40.3 Å². The Morgan fingerprint density at radius 2 is 1.83 bits per heavy atom. The van der Waals surface area contributed by atoms with Gasteiger partial charge in [-0.25, -0.2) is 9.78 Å². The van der Waals surface area contributed by atoms with Gasteiger partial charge in [-0.3, -0.25) is 4.90 Å². The molecule has 2 aromatic heterocycles. The van der Waals surface area contributed by atoms with E-state index in [1.165, 1.54) is 0 Å². The lowest BCUT2D eigenvalue weighted by atomic mass is 10.1. The molecule has 1 N–H and O–H groups in total. The summed E-state index contributed by atoms with van der Waals surface area (Å²) in [4.78, 5) is 18.8. The summed E-state index contributed by atoms with van der Waals surface area (Å²) < 4.78 is 19.6. The zero-order valence-electron chi connectivity index (χ0n) is 22.6. The minimum atomic E-state index is -0.976. The van der Waals surface area contributed by atoms with E-state index in [0.717, 1.165) is 54.1 Å². The van der Waals surface area contributed by atoms with Crippen molar-refractivity contribution in [1.29, 1.82) is 0 Å². The Bertz CT molecular complexity index is 1700. The van der Waals surface area contributed by atoms with Crippen LogP contribution in [0.15, 0.2) is 77.4 Å². The standard InChI is InChI=1S/C31H28Cl2N4O5/c32-22-6-4-21(27(33)15-22)19-40-24-2-1-3-25(16-24)41-23-9-12-36(13-10-23)18-30-35-28-7-5-20(31(38)39)14-29(28)37(30)17-26-8-11-34-42-26/h1-8,11,14-16,23H,9-10,12-13,17-19H2,(H,38,39). The van der Waals surface area contributed by atoms with E-state index in [4.69, 9.17) is 42.2 Å². The summed E-state index contributed by atoms with van der Waals surface area (Å²) in [5.74, 6) is 2.00. The number of hydrogen-bond acceptors (Lipinski definition) is 7. The molecule has 5 aromatic rings. The van der Waals surface area contributed by atoms with Crippen LogP contribution in [0.4, 0.5) is 0 Å². The van der Waals surface area contributed by atoms with Gasteiger partial charge in [0.15, 0.2) is 5.76 Å². The molecule has 0 spiro atoms. The van der Waals surface area contributed by atoms with Crippen LogP contribution in [-0.4, -0.2) is 49.9 Å². The average molecular weight is 607 g/mol. The molecule has 0 atom stereocenters. The highest BCUT2D eigenvalue weighted by molar-refractivity contribution is 6.35. The summed E-state index contributed by atoms with van der Waals surface area (Å²) in [6, 6.07) is 19.8. The molecule has 0 amide bonds. The van der Waals surface area contributed by atoms with E-state index >= 15 is 0 Å². The maximum absolute atomic E-state index is 11.6. The topological polar surface area (TPSA) is 103 Å². The SMILES string of the molecule is O=C(O)c1ccc2nc(CN3CCC(Oc4cccc(OCc5ccc(Cl)cc5Cl)c4)CC3)n(Cc3ccno3)c2c1.